The van der Waals surface area contributed by atoms with Crippen LogP contribution in [0.5, 0.6) is 0 Å². The molecular formula is C14H22N4. The Kier molecular flexibility index (Phi) is 4.36. The quantitative estimate of drug-likeness (QED) is 0.717. The van der Waals surface area contributed by atoms with Crippen molar-refractivity contribution in [1.82, 2.24) is 9.88 Å². The largest absolute Gasteiger partial charge is 0.331 e. The first-order valence-corrected chi connectivity index (χ1v) is 6.50. The van der Waals surface area contributed by atoms with Crippen LogP contribution in [0.15, 0.2) is 30.5 Å². The maximum absolute atomic E-state index is 5.68. The van der Waals surface area contributed by atoms with Gasteiger partial charge in [-0.3, -0.25) is 5.32 Å². The fourth-order valence-corrected chi connectivity index (χ4v) is 2.34. The highest BCUT2D eigenvalue weighted by atomic mass is 15.2. The van der Waals surface area contributed by atoms with E-state index in [1.807, 2.05) is 0 Å². The van der Waals surface area contributed by atoms with E-state index >= 15 is 0 Å². The third kappa shape index (κ3) is 2.56. The molecule has 98 valence electrons. The van der Waals surface area contributed by atoms with Crippen LogP contribution in [0.3, 0.4) is 0 Å². The monoisotopic (exact) mass is 246 g/mol. The summed E-state index contributed by atoms with van der Waals surface area (Å²) in [7, 11) is 0. The van der Waals surface area contributed by atoms with Crippen LogP contribution < -0.4 is 16.8 Å². The first kappa shape index (κ1) is 13.1. The van der Waals surface area contributed by atoms with Gasteiger partial charge in [-0.05, 0) is 31.5 Å². The Bertz CT molecular complexity index is 503. The summed E-state index contributed by atoms with van der Waals surface area (Å²) in [6.07, 6.45) is 3.35. The van der Waals surface area contributed by atoms with Gasteiger partial charge >= 0.3 is 0 Å². The molecule has 1 aromatic heterocycles. The van der Waals surface area contributed by atoms with Crippen LogP contribution in [-0.2, 0) is 6.42 Å². The Labute approximate surface area is 108 Å². The number of nitrogens with one attached hydrogen (secondary N) is 1. The molecule has 0 bridgehead atoms. The number of hydrogen-bond acceptors (Lipinski definition) is 3. The predicted molar refractivity (Wildman–Crippen MR) is 76.5 cm³/mol. The highest BCUT2D eigenvalue weighted by molar-refractivity contribution is 5.84. The standard InChI is InChI=1S/C14H22N4/c1-11(17-9-8-16)18-10-12(6-7-15)13-4-2-3-5-14(13)18/h2-5,10-11,17H,6-9,15-16H2,1H3. The second kappa shape index (κ2) is 6.00. The van der Waals surface area contributed by atoms with Crippen LogP contribution in [0.1, 0.15) is 18.7 Å². The van der Waals surface area contributed by atoms with Gasteiger partial charge in [0.05, 0.1) is 6.17 Å². The van der Waals surface area contributed by atoms with Crippen LogP contribution in [-0.4, -0.2) is 24.2 Å². The maximum Gasteiger partial charge on any atom is 0.0811 e. The number of fused-ring (bicyclic) bond motifs is 1. The summed E-state index contributed by atoms with van der Waals surface area (Å²) >= 11 is 0. The SMILES string of the molecule is CC(NCCN)n1cc(CCN)c2ccccc21. The molecule has 0 radical (unpaired) electrons. The smallest absolute Gasteiger partial charge is 0.0811 e. The van der Waals surface area contributed by atoms with Gasteiger partial charge in [-0.25, -0.2) is 0 Å². The molecule has 0 aliphatic rings. The fraction of sp³-hybridized carbons (Fsp3) is 0.429. The highest BCUT2D eigenvalue weighted by Crippen LogP contribution is 2.24. The Morgan fingerprint density at radius 3 is 2.72 bits per heavy atom. The van der Waals surface area contributed by atoms with Crippen LogP contribution in [0, 0.1) is 0 Å². The van der Waals surface area contributed by atoms with Gasteiger partial charge in [0.2, 0.25) is 0 Å². The van der Waals surface area contributed by atoms with Crippen LogP contribution in [0.4, 0.5) is 0 Å². The molecule has 0 aliphatic carbocycles. The van der Waals surface area contributed by atoms with Crippen molar-refractivity contribution in [1.29, 1.82) is 0 Å². The van der Waals surface area contributed by atoms with Gasteiger partial charge in [-0.1, -0.05) is 18.2 Å². The molecule has 0 spiro atoms. The summed E-state index contributed by atoms with van der Waals surface area (Å²) in [6, 6.07) is 8.45. The minimum atomic E-state index is 0.241. The van der Waals surface area contributed by atoms with E-state index in [9.17, 15) is 0 Å². The van der Waals surface area contributed by atoms with Gasteiger partial charge in [0.15, 0.2) is 0 Å². The fourth-order valence-electron chi connectivity index (χ4n) is 2.34. The van der Waals surface area contributed by atoms with E-state index in [-0.39, 0.29) is 6.17 Å². The number of aromatic nitrogens is 1. The molecule has 1 unspecified atom stereocenters. The average molecular weight is 246 g/mol. The van der Waals surface area contributed by atoms with Crippen molar-refractivity contribution in [3.63, 3.8) is 0 Å². The lowest BCUT2D eigenvalue weighted by atomic mass is 10.1. The Morgan fingerprint density at radius 2 is 2.00 bits per heavy atom. The first-order valence-electron chi connectivity index (χ1n) is 6.50. The van der Waals surface area contributed by atoms with Gasteiger partial charge in [0, 0.05) is 30.2 Å². The number of rotatable bonds is 6. The topological polar surface area (TPSA) is 69.0 Å². The van der Waals surface area contributed by atoms with E-state index in [4.69, 9.17) is 11.5 Å². The number of nitrogens with two attached hydrogens (primary N) is 2. The summed E-state index contributed by atoms with van der Waals surface area (Å²) < 4.78 is 2.26. The minimum Gasteiger partial charge on any atom is -0.331 e. The lowest BCUT2D eigenvalue weighted by molar-refractivity contribution is 0.454. The summed E-state index contributed by atoms with van der Waals surface area (Å²) in [6.45, 7) is 4.30. The molecule has 1 aromatic carbocycles. The number of nitrogens with zero attached hydrogens (tertiary/aromatic N) is 1. The first-order chi connectivity index (χ1) is 8.77. The molecule has 4 heteroatoms. The molecular weight excluding hydrogens is 224 g/mol. The van der Waals surface area contributed by atoms with E-state index < -0.39 is 0 Å². The van der Waals surface area contributed by atoms with Crippen molar-refractivity contribution in [2.45, 2.75) is 19.5 Å². The van der Waals surface area contributed by atoms with E-state index in [0.29, 0.717) is 13.1 Å². The summed E-state index contributed by atoms with van der Waals surface area (Å²) in [5.74, 6) is 0. The number of hydrogen-bond donors (Lipinski definition) is 3. The molecule has 1 atom stereocenters. The summed E-state index contributed by atoms with van der Waals surface area (Å²) in [4.78, 5) is 0. The van der Waals surface area contributed by atoms with Crippen molar-refractivity contribution in [2.24, 2.45) is 11.5 Å². The van der Waals surface area contributed by atoms with E-state index in [1.165, 1.54) is 16.5 Å². The third-order valence-electron chi connectivity index (χ3n) is 3.24. The van der Waals surface area contributed by atoms with Gasteiger partial charge in [-0.15, -0.1) is 0 Å². The van der Waals surface area contributed by atoms with Crippen molar-refractivity contribution < 1.29 is 0 Å². The van der Waals surface area contributed by atoms with E-state index in [0.717, 1.165) is 13.0 Å². The summed E-state index contributed by atoms with van der Waals surface area (Å²) in [5, 5.41) is 4.70. The lowest BCUT2D eigenvalue weighted by Crippen LogP contribution is -2.28. The van der Waals surface area contributed by atoms with Gasteiger partial charge in [0.1, 0.15) is 0 Å². The average Bonchev–Trinajstić information content (AvgIpc) is 2.76. The molecule has 18 heavy (non-hydrogen) atoms. The lowest BCUT2D eigenvalue weighted by Gasteiger charge is -2.16. The molecule has 4 nitrogen and oxygen atoms in total. The Morgan fingerprint density at radius 1 is 1.22 bits per heavy atom. The van der Waals surface area contributed by atoms with Crippen LogP contribution in [0.25, 0.3) is 10.9 Å². The molecule has 1 heterocycles. The second-order valence-corrected chi connectivity index (χ2v) is 4.54. The molecule has 0 saturated heterocycles. The van der Waals surface area contributed by atoms with Crippen molar-refractivity contribution in [3.05, 3.63) is 36.0 Å². The zero-order valence-electron chi connectivity index (χ0n) is 10.9. The molecule has 0 aliphatic heterocycles. The Hall–Kier alpha value is -1.36. The van der Waals surface area contributed by atoms with Gasteiger partial charge in [0.25, 0.3) is 0 Å². The van der Waals surface area contributed by atoms with Gasteiger partial charge < -0.3 is 16.0 Å². The van der Waals surface area contributed by atoms with E-state index in [2.05, 4.69) is 47.3 Å². The van der Waals surface area contributed by atoms with Crippen molar-refractivity contribution in [3.8, 4) is 0 Å². The van der Waals surface area contributed by atoms with Crippen LogP contribution in [0.2, 0.25) is 0 Å². The van der Waals surface area contributed by atoms with Gasteiger partial charge in [-0.2, -0.15) is 0 Å². The molecule has 0 fully saturated rings. The second-order valence-electron chi connectivity index (χ2n) is 4.54. The predicted octanol–water partition coefficient (Wildman–Crippen LogP) is 1.21. The molecule has 2 rings (SSSR count). The molecule has 0 amide bonds. The maximum atomic E-state index is 5.68. The van der Waals surface area contributed by atoms with E-state index in [1.54, 1.807) is 0 Å². The third-order valence-corrected chi connectivity index (χ3v) is 3.24. The summed E-state index contributed by atoms with van der Waals surface area (Å²) in [5.41, 5.74) is 13.8. The molecule has 5 N–H and O–H groups in total. The highest BCUT2D eigenvalue weighted by Gasteiger charge is 2.11. The normalized spacial score (nSPS) is 13.1. The molecule has 2 aromatic rings. The number of para-hydroxylation sites is 1. The van der Waals surface area contributed by atoms with Crippen molar-refractivity contribution >= 4 is 10.9 Å². The van der Waals surface area contributed by atoms with Crippen LogP contribution >= 0.6 is 0 Å². The zero-order valence-corrected chi connectivity index (χ0v) is 10.9. The molecule has 0 saturated carbocycles. The number of benzene rings is 1. The Balaban J connectivity index is 2.37. The minimum absolute atomic E-state index is 0.241. The van der Waals surface area contributed by atoms with Crippen molar-refractivity contribution in [2.75, 3.05) is 19.6 Å². The zero-order chi connectivity index (χ0) is 13.0.